The highest BCUT2D eigenvalue weighted by Gasteiger charge is 2.29. The fraction of sp³-hybridized carbons (Fsp3) is 0.370. The molecule has 1 saturated heterocycles. The number of aromatic nitrogens is 2. The zero-order chi connectivity index (χ0) is 21.9. The molecule has 3 aromatic rings. The molecule has 32 heavy (non-hydrogen) atoms. The van der Waals surface area contributed by atoms with Crippen molar-refractivity contribution in [2.45, 2.75) is 45.1 Å². The molecule has 0 radical (unpaired) electrons. The first-order valence-electron chi connectivity index (χ1n) is 11.7. The fourth-order valence-electron chi connectivity index (χ4n) is 4.99. The minimum absolute atomic E-state index is 0.0619. The van der Waals surface area contributed by atoms with Crippen LogP contribution in [0.5, 0.6) is 0 Å². The summed E-state index contributed by atoms with van der Waals surface area (Å²) in [6, 6.07) is 17.1. The van der Waals surface area contributed by atoms with E-state index < -0.39 is 0 Å². The van der Waals surface area contributed by atoms with Crippen LogP contribution in [0.4, 0.5) is 5.95 Å². The van der Waals surface area contributed by atoms with Gasteiger partial charge in [-0.25, -0.2) is 9.97 Å². The predicted molar refractivity (Wildman–Crippen MR) is 127 cm³/mol. The number of piperidine rings is 1. The highest BCUT2D eigenvalue weighted by molar-refractivity contribution is 5.79. The summed E-state index contributed by atoms with van der Waals surface area (Å²) < 4.78 is 0. The molecule has 5 rings (SSSR count). The molecule has 0 spiro atoms. The van der Waals surface area contributed by atoms with Crippen molar-refractivity contribution in [3.8, 4) is 11.1 Å². The lowest BCUT2D eigenvalue weighted by molar-refractivity contribution is -0.126. The molecule has 1 aliphatic heterocycles. The number of fused-ring (bicyclic) bond motifs is 1. The number of hydrogen-bond acceptors (Lipinski definition) is 4. The van der Waals surface area contributed by atoms with Crippen LogP contribution < -0.4 is 10.2 Å². The third kappa shape index (κ3) is 4.38. The molecule has 0 saturated carbocycles. The van der Waals surface area contributed by atoms with Gasteiger partial charge in [0.15, 0.2) is 0 Å². The number of hydrogen-bond donors (Lipinski definition) is 1. The van der Waals surface area contributed by atoms with E-state index in [2.05, 4.69) is 75.6 Å². The highest BCUT2D eigenvalue weighted by atomic mass is 16.1. The van der Waals surface area contributed by atoms with Crippen LogP contribution in [0.3, 0.4) is 0 Å². The van der Waals surface area contributed by atoms with Crippen molar-refractivity contribution in [2.24, 2.45) is 5.92 Å². The van der Waals surface area contributed by atoms with E-state index in [1.807, 2.05) is 12.4 Å². The Labute approximate surface area is 189 Å². The summed E-state index contributed by atoms with van der Waals surface area (Å²) >= 11 is 0. The minimum atomic E-state index is 0.0619. The van der Waals surface area contributed by atoms with Gasteiger partial charge >= 0.3 is 0 Å². The van der Waals surface area contributed by atoms with E-state index in [4.69, 9.17) is 0 Å². The van der Waals surface area contributed by atoms with Crippen LogP contribution in [0.15, 0.2) is 60.9 Å². The van der Waals surface area contributed by atoms with Gasteiger partial charge in [-0.05, 0) is 55.7 Å². The molecule has 1 aliphatic carbocycles. The van der Waals surface area contributed by atoms with Gasteiger partial charge in [0.1, 0.15) is 0 Å². The lowest BCUT2D eigenvalue weighted by Crippen LogP contribution is -2.42. The number of benzene rings is 2. The Bertz CT molecular complexity index is 1090. The fourth-order valence-corrected chi connectivity index (χ4v) is 4.99. The first kappa shape index (κ1) is 20.7. The molecule has 1 aromatic heterocycles. The number of carbonyl (C=O) groups is 1. The van der Waals surface area contributed by atoms with Gasteiger partial charge in [0.2, 0.25) is 11.9 Å². The van der Waals surface area contributed by atoms with E-state index in [0.29, 0.717) is 0 Å². The molecule has 0 unspecified atom stereocenters. The summed E-state index contributed by atoms with van der Waals surface area (Å²) in [5.41, 5.74) is 6.07. The van der Waals surface area contributed by atoms with E-state index in [9.17, 15) is 4.79 Å². The molecule has 2 aliphatic rings. The molecule has 0 bridgehead atoms. The molecule has 1 fully saturated rings. The molecule has 2 heterocycles. The Morgan fingerprint density at radius 2 is 1.75 bits per heavy atom. The van der Waals surface area contributed by atoms with Gasteiger partial charge in [0.25, 0.3) is 0 Å². The lowest BCUT2D eigenvalue weighted by atomic mass is 9.87. The maximum Gasteiger partial charge on any atom is 0.225 e. The standard InChI is InChI=1S/C27H30N4O/c1-19-6-4-9-22(16-19)23-17-28-27(29-18-23)31-14-12-21(13-15-31)26(32)30-25-11-5-8-20-7-2-3-10-24(20)25/h2-4,6-7,9-10,16-18,21,25H,5,8,11-15H2,1H3,(H,30,32)/t25-/m0/s1. The number of anilines is 1. The second kappa shape index (κ2) is 9.11. The van der Waals surface area contributed by atoms with Crippen molar-refractivity contribution in [1.82, 2.24) is 15.3 Å². The number of amides is 1. The summed E-state index contributed by atoms with van der Waals surface area (Å²) in [6.45, 7) is 3.71. The number of aryl methyl sites for hydroxylation is 2. The van der Waals surface area contributed by atoms with Crippen LogP contribution in [-0.2, 0) is 11.2 Å². The highest BCUT2D eigenvalue weighted by Crippen LogP contribution is 2.30. The van der Waals surface area contributed by atoms with Crippen molar-refractivity contribution >= 4 is 11.9 Å². The van der Waals surface area contributed by atoms with Crippen molar-refractivity contribution in [1.29, 1.82) is 0 Å². The molecule has 5 nitrogen and oxygen atoms in total. The predicted octanol–water partition coefficient (Wildman–Crippen LogP) is 4.86. The first-order chi connectivity index (χ1) is 15.7. The quantitative estimate of drug-likeness (QED) is 0.647. The SMILES string of the molecule is Cc1cccc(-c2cnc(N3CCC(C(=O)N[C@H]4CCCc5ccccc54)CC3)nc2)c1. The zero-order valence-corrected chi connectivity index (χ0v) is 18.6. The molecule has 1 atom stereocenters. The van der Waals surface area contributed by atoms with Crippen molar-refractivity contribution in [3.63, 3.8) is 0 Å². The monoisotopic (exact) mass is 426 g/mol. The summed E-state index contributed by atoms with van der Waals surface area (Å²) in [4.78, 5) is 24.4. The molecule has 164 valence electrons. The first-order valence-corrected chi connectivity index (χ1v) is 11.7. The van der Waals surface area contributed by atoms with Gasteiger partial charge in [-0.15, -0.1) is 0 Å². The van der Waals surface area contributed by atoms with E-state index in [-0.39, 0.29) is 17.9 Å². The second-order valence-electron chi connectivity index (χ2n) is 9.05. The third-order valence-electron chi connectivity index (χ3n) is 6.82. The van der Waals surface area contributed by atoms with Crippen LogP contribution in [0.1, 0.15) is 48.4 Å². The van der Waals surface area contributed by atoms with Crippen molar-refractivity contribution in [2.75, 3.05) is 18.0 Å². The largest absolute Gasteiger partial charge is 0.349 e. The Morgan fingerprint density at radius 3 is 2.53 bits per heavy atom. The maximum absolute atomic E-state index is 13.0. The molecule has 1 N–H and O–H groups in total. The normalized spacial score (nSPS) is 18.8. The Hall–Kier alpha value is -3.21. The van der Waals surface area contributed by atoms with Gasteiger partial charge in [-0.2, -0.15) is 0 Å². The van der Waals surface area contributed by atoms with E-state index in [0.717, 1.165) is 62.3 Å². The van der Waals surface area contributed by atoms with Crippen molar-refractivity contribution in [3.05, 3.63) is 77.6 Å². The average Bonchev–Trinajstić information content (AvgIpc) is 2.84. The molecule has 2 aromatic carbocycles. The third-order valence-corrected chi connectivity index (χ3v) is 6.82. The van der Waals surface area contributed by atoms with Crippen LogP contribution in [0, 0.1) is 12.8 Å². The van der Waals surface area contributed by atoms with Gasteiger partial charge in [-0.3, -0.25) is 4.79 Å². The number of carbonyl (C=O) groups excluding carboxylic acids is 1. The van der Waals surface area contributed by atoms with Crippen LogP contribution in [0.25, 0.3) is 11.1 Å². The van der Waals surface area contributed by atoms with Crippen LogP contribution >= 0.6 is 0 Å². The summed E-state index contributed by atoms with van der Waals surface area (Å²) in [5.74, 6) is 1.01. The van der Waals surface area contributed by atoms with Gasteiger partial charge < -0.3 is 10.2 Å². The van der Waals surface area contributed by atoms with Crippen LogP contribution in [0.2, 0.25) is 0 Å². The smallest absolute Gasteiger partial charge is 0.225 e. The average molecular weight is 427 g/mol. The van der Waals surface area contributed by atoms with E-state index in [1.165, 1.54) is 16.7 Å². The Balaban J connectivity index is 1.18. The molecule has 1 amide bonds. The maximum atomic E-state index is 13.0. The van der Waals surface area contributed by atoms with Gasteiger partial charge in [-0.1, -0.05) is 54.1 Å². The summed E-state index contributed by atoms with van der Waals surface area (Å²) in [6.07, 6.45) is 8.75. The molecular weight excluding hydrogens is 396 g/mol. The number of nitrogens with zero attached hydrogens (tertiary/aromatic N) is 3. The topological polar surface area (TPSA) is 58.1 Å². The minimum Gasteiger partial charge on any atom is -0.349 e. The number of nitrogens with one attached hydrogen (secondary N) is 1. The zero-order valence-electron chi connectivity index (χ0n) is 18.6. The summed E-state index contributed by atoms with van der Waals surface area (Å²) in [5, 5.41) is 3.34. The Morgan fingerprint density at radius 1 is 0.969 bits per heavy atom. The second-order valence-corrected chi connectivity index (χ2v) is 9.05. The Kier molecular flexibility index (Phi) is 5.89. The molecular formula is C27H30N4O. The van der Waals surface area contributed by atoms with Crippen molar-refractivity contribution < 1.29 is 4.79 Å². The van der Waals surface area contributed by atoms with E-state index in [1.54, 1.807) is 0 Å². The molecule has 5 heteroatoms. The van der Waals surface area contributed by atoms with Crippen LogP contribution in [-0.4, -0.2) is 29.0 Å². The van der Waals surface area contributed by atoms with Gasteiger partial charge in [0, 0.05) is 37.0 Å². The van der Waals surface area contributed by atoms with Gasteiger partial charge in [0.05, 0.1) is 6.04 Å². The summed E-state index contributed by atoms with van der Waals surface area (Å²) in [7, 11) is 0. The lowest BCUT2D eigenvalue weighted by Gasteiger charge is -2.33. The van der Waals surface area contributed by atoms with E-state index >= 15 is 0 Å². The number of rotatable bonds is 4.